The normalized spacial score (nSPS) is 41.8. The monoisotopic (exact) mass is 525 g/mol. The molecule has 9 atom stereocenters. The number of carbonyl (C=O) groups is 1. The van der Waals surface area contributed by atoms with Crippen molar-refractivity contribution in [3.8, 4) is 0 Å². The average Bonchev–Trinajstić information content (AvgIpc) is 3.50. The number of amides is 1. The number of hydrogen-bond donors (Lipinski definition) is 1. The second kappa shape index (κ2) is 10.1. The minimum atomic E-state index is -0.0556. The first kappa shape index (κ1) is 26.6. The first-order chi connectivity index (χ1) is 18.2. The Bertz CT molecular complexity index is 1000. The van der Waals surface area contributed by atoms with Crippen LogP contribution >= 0.6 is 0 Å². The van der Waals surface area contributed by atoms with E-state index in [1.807, 2.05) is 13.2 Å². The smallest absolute Gasteiger partial charge is 0.222 e. The van der Waals surface area contributed by atoms with Gasteiger partial charge in [0.05, 0.1) is 12.3 Å². The summed E-state index contributed by atoms with van der Waals surface area (Å²) in [6.07, 6.45) is 15.1. The van der Waals surface area contributed by atoms with Crippen LogP contribution in [0.5, 0.6) is 0 Å². The Morgan fingerprint density at radius 1 is 1.03 bits per heavy atom. The molecule has 0 spiro atoms. The van der Waals surface area contributed by atoms with E-state index in [-0.39, 0.29) is 6.10 Å². The van der Waals surface area contributed by atoms with Crippen molar-refractivity contribution in [2.45, 2.75) is 97.5 Å². The van der Waals surface area contributed by atoms with Crippen LogP contribution in [0.15, 0.2) is 6.20 Å². The molecular formula is C31H51N5O2. The standard InChI is InChI=1S/C31H51N5O2/c1-21(5-10-29(38)36-17-15-35(16-18-36)28-20-34(4)33-32-28)25-8-9-26-24-7-6-22-19-23(37)11-13-30(22,2)27(24)12-14-31(25,26)3/h20-27,37H,5-19H2,1-4H3/t21-,22+,23+,24+,25-,26+,27+,30+,31-/m1/s1. The predicted molar refractivity (Wildman–Crippen MR) is 149 cm³/mol. The van der Waals surface area contributed by atoms with Crippen LogP contribution in [0.4, 0.5) is 5.82 Å². The van der Waals surface area contributed by atoms with Crippen molar-refractivity contribution in [1.29, 1.82) is 0 Å². The predicted octanol–water partition coefficient (Wildman–Crippen LogP) is 4.90. The Balaban J connectivity index is 1.03. The first-order valence-corrected chi connectivity index (χ1v) is 15.8. The lowest BCUT2D eigenvalue weighted by Crippen LogP contribution is -2.54. The molecule has 1 N–H and O–H groups in total. The molecule has 0 unspecified atom stereocenters. The number of aliphatic hydroxyl groups excluding tert-OH is 1. The fraction of sp³-hybridized carbons (Fsp3) is 0.903. The van der Waals surface area contributed by atoms with Gasteiger partial charge in [-0.2, -0.15) is 0 Å². The molecule has 1 aromatic rings. The molecule has 2 heterocycles. The van der Waals surface area contributed by atoms with Crippen molar-refractivity contribution < 1.29 is 9.90 Å². The molecule has 38 heavy (non-hydrogen) atoms. The van der Waals surface area contributed by atoms with Crippen LogP contribution < -0.4 is 4.90 Å². The number of aliphatic hydroxyl groups is 1. The molecule has 1 aromatic heterocycles. The van der Waals surface area contributed by atoms with Crippen LogP contribution in [0.2, 0.25) is 0 Å². The van der Waals surface area contributed by atoms with Gasteiger partial charge in [0.1, 0.15) is 0 Å². The van der Waals surface area contributed by atoms with E-state index in [4.69, 9.17) is 0 Å². The Labute approximate surface area is 229 Å². The maximum atomic E-state index is 13.2. The Morgan fingerprint density at radius 2 is 1.76 bits per heavy atom. The number of piperazine rings is 1. The lowest BCUT2D eigenvalue weighted by molar-refractivity contribution is -0.133. The highest BCUT2D eigenvalue weighted by molar-refractivity contribution is 5.76. The van der Waals surface area contributed by atoms with E-state index in [1.165, 1.54) is 44.9 Å². The number of rotatable bonds is 5. The zero-order valence-corrected chi connectivity index (χ0v) is 24.3. The highest BCUT2D eigenvalue weighted by atomic mass is 16.3. The van der Waals surface area contributed by atoms with Crippen LogP contribution in [-0.4, -0.2) is 63.2 Å². The van der Waals surface area contributed by atoms with Gasteiger partial charge in [0.2, 0.25) is 5.91 Å². The number of aromatic nitrogens is 3. The molecule has 0 radical (unpaired) electrons. The summed E-state index contributed by atoms with van der Waals surface area (Å²) in [5.74, 6) is 5.97. The lowest BCUT2D eigenvalue weighted by atomic mass is 9.44. The van der Waals surface area contributed by atoms with Gasteiger partial charge in [0.25, 0.3) is 0 Å². The van der Waals surface area contributed by atoms with Crippen molar-refractivity contribution >= 4 is 11.7 Å². The summed E-state index contributed by atoms with van der Waals surface area (Å²) in [7, 11) is 1.89. The summed E-state index contributed by atoms with van der Waals surface area (Å²) in [6, 6.07) is 0. The molecule has 4 saturated carbocycles. The maximum Gasteiger partial charge on any atom is 0.222 e. The summed E-state index contributed by atoms with van der Waals surface area (Å²) in [5.41, 5.74) is 0.903. The SMILES string of the molecule is C[C@H](CCC(=O)N1CCN(c2cn(C)nn2)CC1)[C@H]1CC[C@H]2[C@@H]3CC[C@H]4C[C@@H](O)CC[C@]4(C)[C@H]3CC[C@]12C. The van der Waals surface area contributed by atoms with E-state index in [0.29, 0.717) is 29.1 Å². The van der Waals surface area contributed by atoms with Gasteiger partial charge in [-0.1, -0.05) is 26.0 Å². The molecular weight excluding hydrogens is 474 g/mol. The Kier molecular flexibility index (Phi) is 7.05. The zero-order valence-electron chi connectivity index (χ0n) is 24.3. The van der Waals surface area contributed by atoms with Crippen LogP contribution in [-0.2, 0) is 11.8 Å². The van der Waals surface area contributed by atoms with Gasteiger partial charge in [0, 0.05) is 39.6 Å². The van der Waals surface area contributed by atoms with E-state index in [0.717, 1.165) is 80.8 Å². The minimum absolute atomic E-state index is 0.0556. The molecule has 6 rings (SSSR count). The molecule has 1 amide bonds. The number of hydrogen-bond acceptors (Lipinski definition) is 5. The molecule has 1 saturated heterocycles. The van der Waals surface area contributed by atoms with Crippen LogP contribution in [0, 0.1) is 46.3 Å². The third-order valence-corrected chi connectivity index (χ3v) is 12.8. The first-order valence-electron chi connectivity index (χ1n) is 15.8. The zero-order chi connectivity index (χ0) is 26.7. The average molecular weight is 526 g/mol. The van der Waals surface area contributed by atoms with E-state index >= 15 is 0 Å². The summed E-state index contributed by atoms with van der Waals surface area (Å²) in [5, 5.41) is 18.6. The fourth-order valence-electron chi connectivity index (χ4n) is 10.6. The largest absolute Gasteiger partial charge is 0.393 e. The fourth-order valence-corrected chi connectivity index (χ4v) is 10.6. The molecule has 212 valence electrons. The van der Waals surface area contributed by atoms with Gasteiger partial charge in [0.15, 0.2) is 5.82 Å². The topological polar surface area (TPSA) is 74.5 Å². The maximum absolute atomic E-state index is 13.2. The Morgan fingerprint density at radius 3 is 2.50 bits per heavy atom. The number of aryl methyl sites for hydroxylation is 1. The number of nitrogens with zero attached hydrogens (tertiary/aromatic N) is 5. The molecule has 4 aliphatic carbocycles. The van der Waals surface area contributed by atoms with Crippen LogP contribution in [0.1, 0.15) is 91.4 Å². The van der Waals surface area contributed by atoms with E-state index < -0.39 is 0 Å². The van der Waals surface area contributed by atoms with Crippen molar-refractivity contribution in [3.05, 3.63) is 6.20 Å². The van der Waals surface area contributed by atoms with Crippen molar-refractivity contribution in [2.75, 3.05) is 31.1 Å². The molecule has 5 fully saturated rings. The highest BCUT2D eigenvalue weighted by Crippen LogP contribution is 2.68. The summed E-state index contributed by atoms with van der Waals surface area (Å²) >= 11 is 0. The second-order valence-electron chi connectivity index (χ2n) is 14.4. The molecule has 5 aliphatic rings. The molecule has 0 aromatic carbocycles. The summed E-state index contributed by atoms with van der Waals surface area (Å²) < 4.78 is 1.74. The van der Waals surface area contributed by atoms with E-state index in [1.54, 1.807) is 4.68 Å². The van der Waals surface area contributed by atoms with E-state index in [9.17, 15) is 9.90 Å². The van der Waals surface area contributed by atoms with Gasteiger partial charge in [-0.15, -0.1) is 5.10 Å². The van der Waals surface area contributed by atoms with Gasteiger partial charge >= 0.3 is 0 Å². The lowest BCUT2D eigenvalue weighted by Gasteiger charge is -2.61. The second-order valence-corrected chi connectivity index (χ2v) is 14.4. The van der Waals surface area contributed by atoms with Crippen molar-refractivity contribution in [3.63, 3.8) is 0 Å². The van der Waals surface area contributed by atoms with Crippen LogP contribution in [0.3, 0.4) is 0 Å². The molecule has 7 heteroatoms. The Hall–Kier alpha value is -1.63. The summed E-state index contributed by atoms with van der Waals surface area (Å²) in [4.78, 5) is 17.5. The third kappa shape index (κ3) is 4.49. The van der Waals surface area contributed by atoms with E-state index in [2.05, 4.69) is 40.9 Å². The van der Waals surface area contributed by atoms with Crippen molar-refractivity contribution in [2.24, 2.45) is 53.4 Å². The third-order valence-electron chi connectivity index (χ3n) is 12.8. The quantitative estimate of drug-likeness (QED) is 0.592. The van der Waals surface area contributed by atoms with Gasteiger partial charge in [-0.3, -0.25) is 9.48 Å². The van der Waals surface area contributed by atoms with Gasteiger partial charge in [-0.05, 0) is 111 Å². The number of anilines is 1. The highest BCUT2D eigenvalue weighted by Gasteiger charge is 2.60. The van der Waals surface area contributed by atoms with Gasteiger partial charge < -0.3 is 14.9 Å². The van der Waals surface area contributed by atoms with Gasteiger partial charge in [-0.25, -0.2) is 0 Å². The summed E-state index contributed by atoms with van der Waals surface area (Å²) in [6.45, 7) is 10.9. The van der Waals surface area contributed by atoms with Crippen molar-refractivity contribution in [1.82, 2.24) is 19.9 Å². The van der Waals surface area contributed by atoms with Crippen LogP contribution in [0.25, 0.3) is 0 Å². The molecule has 7 nitrogen and oxygen atoms in total. The number of carbonyl (C=O) groups excluding carboxylic acids is 1. The minimum Gasteiger partial charge on any atom is -0.393 e. The molecule has 0 bridgehead atoms. The number of fused-ring (bicyclic) bond motifs is 5. The molecule has 1 aliphatic heterocycles.